The molecular formula is C8H15N3O2. The largest absolute Gasteiger partial charge is 0.368 e. The molecule has 0 aromatic heterocycles. The molecule has 13 heavy (non-hydrogen) atoms. The Labute approximate surface area is 77.1 Å². The molecule has 4 N–H and O–H groups in total. The Bertz CT molecular complexity index is 227. The number of nitrogens with zero attached hydrogens (tertiary/aromatic N) is 1. The van der Waals surface area contributed by atoms with Crippen LogP contribution in [0.25, 0.3) is 0 Å². The molecule has 1 rings (SSSR count). The topological polar surface area (TPSA) is 89.4 Å². The number of carbonyl (C=O) groups is 2. The van der Waals surface area contributed by atoms with Gasteiger partial charge in [-0.05, 0) is 19.8 Å². The number of amides is 2. The molecule has 0 aromatic rings. The first-order chi connectivity index (χ1) is 6.04. The van der Waals surface area contributed by atoms with Gasteiger partial charge in [-0.2, -0.15) is 0 Å². The predicted octanol–water partition coefficient (Wildman–Crippen LogP) is -1.19. The molecule has 0 spiro atoms. The quantitative estimate of drug-likeness (QED) is 0.567. The minimum Gasteiger partial charge on any atom is -0.368 e. The average molecular weight is 185 g/mol. The van der Waals surface area contributed by atoms with Gasteiger partial charge in [0.25, 0.3) is 0 Å². The fourth-order valence-electron chi connectivity index (χ4n) is 1.59. The number of rotatable bonds is 2. The molecule has 5 heteroatoms. The fraction of sp³-hybridized carbons (Fsp3) is 0.750. The summed E-state index contributed by atoms with van der Waals surface area (Å²) in [6.07, 6.45) is 1.49. The van der Waals surface area contributed by atoms with Gasteiger partial charge in [0, 0.05) is 6.54 Å². The third-order valence-corrected chi connectivity index (χ3v) is 2.25. The lowest BCUT2D eigenvalue weighted by molar-refractivity contribution is -0.138. The van der Waals surface area contributed by atoms with Crippen LogP contribution in [0.5, 0.6) is 0 Å². The molecule has 1 aliphatic heterocycles. The van der Waals surface area contributed by atoms with E-state index in [1.54, 1.807) is 6.92 Å². The Morgan fingerprint density at radius 1 is 1.54 bits per heavy atom. The lowest BCUT2D eigenvalue weighted by atomic mass is 10.2. The van der Waals surface area contributed by atoms with Crippen LogP contribution in [0.15, 0.2) is 0 Å². The second-order valence-electron chi connectivity index (χ2n) is 3.38. The molecule has 1 aliphatic rings. The van der Waals surface area contributed by atoms with Crippen LogP contribution < -0.4 is 11.5 Å². The zero-order valence-electron chi connectivity index (χ0n) is 7.69. The van der Waals surface area contributed by atoms with Crippen LogP contribution in [-0.4, -0.2) is 35.3 Å². The molecule has 5 nitrogen and oxygen atoms in total. The van der Waals surface area contributed by atoms with Crippen LogP contribution in [0.3, 0.4) is 0 Å². The second-order valence-corrected chi connectivity index (χ2v) is 3.38. The van der Waals surface area contributed by atoms with E-state index in [0.717, 1.165) is 6.42 Å². The zero-order chi connectivity index (χ0) is 10.0. The van der Waals surface area contributed by atoms with Gasteiger partial charge < -0.3 is 16.4 Å². The van der Waals surface area contributed by atoms with Gasteiger partial charge in [-0.15, -0.1) is 0 Å². The Morgan fingerprint density at radius 2 is 2.15 bits per heavy atom. The maximum absolute atomic E-state index is 11.5. The molecule has 1 fully saturated rings. The van der Waals surface area contributed by atoms with Crippen molar-refractivity contribution in [2.45, 2.75) is 31.8 Å². The molecule has 0 saturated carbocycles. The highest BCUT2D eigenvalue weighted by Crippen LogP contribution is 2.17. The van der Waals surface area contributed by atoms with Crippen LogP contribution in [0, 0.1) is 0 Å². The Morgan fingerprint density at radius 3 is 2.62 bits per heavy atom. The monoisotopic (exact) mass is 185 g/mol. The standard InChI is InChI=1S/C8H15N3O2/c1-5(9)8(13)11-4-2-3-6(11)7(10)12/h5-6H,2-4,9H2,1H3,(H2,10,12)/t5-,6?/m1/s1. The van der Waals surface area contributed by atoms with Crippen LogP contribution in [0.1, 0.15) is 19.8 Å². The number of nitrogens with two attached hydrogens (primary N) is 2. The Balaban J connectivity index is 2.68. The predicted molar refractivity (Wildman–Crippen MR) is 47.6 cm³/mol. The molecule has 1 unspecified atom stereocenters. The number of hydrogen-bond donors (Lipinski definition) is 2. The van der Waals surface area contributed by atoms with Gasteiger partial charge in [-0.3, -0.25) is 9.59 Å². The molecule has 1 saturated heterocycles. The molecular weight excluding hydrogens is 170 g/mol. The van der Waals surface area contributed by atoms with E-state index in [1.165, 1.54) is 4.90 Å². The number of hydrogen-bond acceptors (Lipinski definition) is 3. The normalized spacial score (nSPS) is 24.5. The molecule has 2 amide bonds. The minimum absolute atomic E-state index is 0.193. The molecule has 0 radical (unpaired) electrons. The summed E-state index contributed by atoms with van der Waals surface area (Å²) in [5.41, 5.74) is 10.6. The number of likely N-dealkylation sites (tertiary alicyclic amines) is 1. The van der Waals surface area contributed by atoms with Crippen molar-refractivity contribution in [3.05, 3.63) is 0 Å². The molecule has 0 aliphatic carbocycles. The second kappa shape index (κ2) is 3.74. The van der Waals surface area contributed by atoms with E-state index >= 15 is 0 Å². The van der Waals surface area contributed by atoms with Crippen molar-refractivity contribution >= 4 is 11.8 Å². The summed E-state index contributed by atoms with van der Waals surface area (Å²) < 4.78 is 0. The van der Waals surface area contributed by atoms with E-state index in [2.05, 4.69) is 0 Å². The van der Waals surface area contributed by atoms with E-state index in [-0.39, 0.29) is 5.91 Å². The summed E-state index contributed by atoms with van der Waals surface area (Å²) in [7, 11) is 0. The smallest absolute Gasteiger partial charge is 0.240 e. The van der Waals surface area contributed by atoms with Crippen molar-refractivity contribution in [1.29, 1.82) is 0 Å². The maximum Gasteiger partial charge on any atom is 0.240 e. The van der Waals surface area contributed by atoms with Crippen molar-refractivity contribution in [3.63, 3.8) is 0 Å². The van der Waals surface area contributed by atoms with Gasteiger partial charge in [-0.1, -0.05) is 0 Å². The summed E-state index contributed by atoms with van der Waals surface area (Å²) in [5.74, 6) is -0.632. The number of primary amides is 1. The molecule has 1 heterocycles. The minimum atomic E-state index is -0.556. The maximum atomic E-state index is 11.5. The number of carbonyl (C=O) groups excluding carboxylic acids is 2. The molecule has 0 bridgehead atoms. The van der Waals surface area contributed by atoms with E-state index in [0.29, 0.717) is 13.0 Å². The van der Waals surface area contributed by atoms with Gasteiger partial charge in [0.15, 0.2) is 0 Å². The van der Waals surface area contributed by atoms with Crippen LogP contribution >= 0.6 is 0 Å². The summed E-state index contributed by atoms with van der Waals surface area (Å²) >= 11 is 0. The Kier molecular flexibility index (Phi) is 2.87. The first kappa shape index (κ1) is 9.98. The fourth-order valence-corrected chi connectivity index (χ4v) is 1.59. The SMILES string of the molecule is C[C@@H](N)C(=O)N1CCCC1C(N)=O. The van der Waals surface area contributed by atoms with Crippen molar-refractivity contribution in [2.24, 2.45) is 11.5 Å². The van der Waals surface area contributed by atoms with Crippen molar-refractivity contribution in [2.75, 3.05) is 6.54 Å². The van der Waals surface area contributed by atoms with Crippen LogP contribution in [-0.2, 0) is 9.59 Å². The van der Waals surface area contributed by atoms with Crippen LogP contribution in [0.4, 0.5) is 0 Å². The molecule has 74 valence electrons. The van der Waals surface area contributed by atoms with Gasteiger partial charge >= 0.3 is 0 Å². The summed E-state index contributed by atoms with van der Waals surface area (Å²) in [6.45, 7) is 2.20. The van der Waals surface area contributed by atoms with E-state index in [9.17, 15) is 9.59 Å². The van der Waals surface area contributed by atoms with E-state index in [1.807, 2.05) is 0 Å². The highest BCUT2D eigenvalue weighted by Gasteiger charge is 2.33. The molecule has 2 atom stereocenters. The third-order valence-electron chi connectivity index (χ3n) is 2.25. The summed E-state index contributed by atoms with van der Waals surface area (Å²) in [6, 6.07) is -1.00. The van der Waals surface area contributed by atoms with Crippen molar-refractivity contribution < 1.29 is 9.59 Å². The zero-order valence-corrected chi connectivity index (χ0v) is 7.69. The van der Waals surface area contributed by atoms with Gasteiger partial charge in [0.1, 0.15) is 6.04 Å². The van der Waals surface area contributed by atoms with Crippen molar-refractivity contribution in [3.8, 4) is 0 Å². The lowest BCUT2D eigenvalue weighted by Crippen LogP contribution is -2.49. The summed E-state index contributed by atoms with van der Waals surface area (Å²) in [4.78, 5) is 23.9. The van der Waals surface area contributed by atoms with Gasteiger partial charge in [0.05, 0.1) is 6.04 Å². The summed E-state index contributed by atoms with van der Waals surface area (Å²) in [5, 5.41) is 0. The highest BCUT2D eigenvalue weighted by molar-refractivity contribution is 5.89. The Hall–Kier alpha value is -1.10. The van der Waals surface area contributed by atoms with Crippen LogP contribution in [0.2, 0.25) is 0 Å². The lowest BCUT2D eigenvalue weighted by Gasteiger charge is -2.23. The van der Waals surface area contributed by atoms with Gasteiger partial charge in [0.2, 0.25) is 11.8 Å². The van der Waals surface area contributed by atoms with E-state index in [4.69, 9.17) is 11.5 Å². The first-order valence-corrected chi connectivity index (χ1v) is 4.39. The van der Waals surface area contributed by atoms with E-state index < -0.39 is 18.0 Å². The van der Waals surface area contributed by atoms with Gasteiger partial charge in [-0.25, -0.2) is 0 Å². The highest BCUT2D eigenvalue weighted by atomic mass is 16.2. The average Bonchev–Trinajstić information content (AvgIpc) is 2.50. The first-order valence-electron chi connectivity index (χ1n) is 4.39. The third kappa shape index (κ3) is 1.98. The molecule has 0 aromatic carbocycles. The van der Waals surface area contributed by atoms with Crippen molar-refractivity contribution in [1.82, 2.24) is 4.90 Å².